The number of rotatable bonds is 3. The summed E-state index contributed by atoms with van der Waals surface area (Å²) in [5.41, 5.74) is 0.694. The van der Waals surface area contributed by atoms with Gasteiger partial charge in [-0.25, -0.2) is 9.80 Å². The number of furan rings is 1. The fourth-order valence-corrected chi connectivity index (χ4v) is 3.39. The zero-order valence-electron chi connectivity index (χ0n) is 14.0. The Hall–Kier alpha value is -3.07. The van der Waals surface area contributed by atoms with E-state index in [0.717, 1.165) is 0 Å². The molecule has 9 heteroatoms. The number of hydrogen-bond donors (Lipinski definition) is 1. The number of nitrogens with one attached hydrogen (secondary N) is 1. The second kappa shape index (κ2) is 7.44. The number of nitrogens with zero attached hydrogens (tertiary/aromatic N) is 2. The first-order valence-corrected chi connectivity index (χ1v) is 8.50. The van der Waals surface area contributed by atoms with Crippen molar-refractivity contribution in [3.63, 3.8) is 0 Å². The Morgan fingerprint density at radius 2 is 2.04 bits per heavy atom. The quantitative estimate of drug-likeness (QED) is 0.655. The summed E-state index contributed by atoms with van der Waals surface area (Å²) in [4.78, 5) is 35.1. The number of hydrogen-bond acceptors (Lipinski definition) is 7. The van der Waals surface area contributed by atoms with Gasteiger partial charge in [0.25, 0.3) is 0 Å². The Labute approximate surface area is 153 Å². The van der Waals surface area contributed by atoms with E-state index < -0.39 is 11.3 Å². The van der Waals surface area contributed by atoms with Gasteiger partial charge in [0.2, 0.25) is 17.6 Å². The molecule has 0 unspecified atom stereocenters. The van der Waals surface area contributed by atoms with E-state index in [0.29, 0.717) is 16.5 Å². The van der Waals surface area contributed by atoms with E-state index in [1.807, 2.05) is 0 Å². The number of carbonyl (C=O) groups excluding carboxylic acids is 3. The smallest absolute Gasteiger partial charge is 0.379 e. The Morgan fingerprint density at radius 1 is 1.23 bits per heavy atom. The maximum Gasteiger partial charge on any atom is 0.379 e. The molecule has 1 N–H and O–H groups in total. The number of carbonyl (C=O) groups is 3. The first-order valence-electron chi connectivity index (χ1n) is 7.62. The second-order valence-corrected chi connectivity index (χ2v) is 6.43. The third-order valence-corrected chi connectivity index (χ3v) is 4.43. The van der Waals surface area contributed by atoms with Gasteiger partial charge in [0.15, 0.2) is 5.17 Å². The van der Waals surface area contributed by atoms with E-state index in [9.17, 15) is 14.4 Å². The minimum Gasteiger partial charge on any atom is -0.457 e. The fourth-order valence-electron chi connectivity index (χ4n) is 2.26. The van der Waals surface area contributed by atoms with Crippen LogP contribution >= 0.6 is 11.8 Å². The lowest BCUT2D eigenvalue weighted by Gasteiger charge is -2.19. The van der Waals surface area contributed by atoms with Gasteiger partial charge in [-0.15, -0.1) is 5.10 Å². The molecule has 8 nitrogen and oxygen atoms in total. The molecular weight excluding hydrogens is 358 g/mol. The van der Waals surface area contributed by atoms with Gasteiger partial charge in [0, 0.05) is 13.8 Å². The maximum absolute atomic E-state index is 12.0. The van der Waals surface area contributed by atoms with Gasteiger partial charge in [-0.3, -0.25) is 9.59 Å². The highest BCUT2D eigenvalue weighted by Crippen LogP contribution is 2.39. The number of hydrazone groups is 1. The van der Waals surface area contributed by atoms with Crippen molar-refractivity contribution in [3.8, 4) is 5.75 Å². The third-order valence-electron chi connectivity index (χ3n) is 3.33. The molecule has 2 heterocycles. The summed E-state index contributed by atoms with van der Waals surface area (Å²) in [7, 11) is 0. The van der Waals surface area contributed by atoms with Gasteiger partial charge in [-0.1, -0.05) is 23.9 Å². The minimum absolute atomic E-state index is 0.0901. The number of amidine groups is 1. The fraction of sp³-hybridized carbons (Fsp3) is 0.176. The maximum atomic E-state index is 12.0. The summed E-state index contributed by atoms with van der Waals surface area (Å²) in [6.07, 6.45) is 1.38. The molecule has 1 aromatic carbocycles. The zero-order chi connectivity index (χ0) is 18.7. The summed E-state index contributed by atoms with van der Waals surface area (Å²) in [5.74, 6) is -0.777. The molecule has 1 aliphatic heterocycles. The lowest BCUT2D eigenvalue weighted by Crippen LogP contribution is -2.25. The third kappa shape index (κ3) is 3.94. The molecule has 134 valence electrons. The van der Waals surface area contributed by atoms with Crippen molar-refractivity contribution in [2.45, 2.75) is 19.2 Å². The average molecular weight is 373 g/mol. The lowest BCUT2D eigenvalue weighted by atomic mass is 10.2. The Morgan fingerprint density at radius 3 is 2.69 bits per heavy atom. The van der Waals surface area contributed by atoms with E-state index in [2.05, 4.69) is 10.4 Å². The molecule has 0 spiro atoms. The van der Waals surface area contributed by atoms with Crippen LogP contribution in [0.4, 0.5) is 0 Å². The van der Waals surface area contributed by atoms with Crippen molar-refractivity contribution in [3.05, 3.63) is 54.0 Å². The molecule has 0 radical (unpaired) electrons. The van der Waals surface area contributed by atoms with Crippen LogP contribution in [0.3, 0.4) is 0 Å². The van der Waals surface area contributed by atoms with Crippen molar-refractivity contribution in [2.24, 2.45) is 5.10 Å². The van der Waals surface area contributed by atoms with Crippen molar-refractivity contribution in [1.82, 2.24) is 10.3 Å². The van der Waals surface area contributed by atoms with Crippen LogP contribution in [0.25, 0.3) is 0 Å². The van der Waals surface area contributed by atoms with E-state index in [1.165, 1.54) is 42.9 Å². The summed E-state index contributed by atoms with van der Waals surface area (Å²) in [5, 5.41) is 7.82. The molecule has 3 rings (SSSR count). The standard InChI is InChI=1S/C17H15N3O5S/c1-10(21)18-17-19-20(11(2)22)15(26-17)12-5-3-6-13(9-12)25-16(23)14-7-4-8-24-14/h3-9,15H,1-2H3,(H,18,19,21)/t15-/m1/s1. The van der Waals surface area contributed by atoms with Gasteiger partial charge in [0.1, 0.15) is 11.1 Å². The number of amides is 2. The van der Waals surface area contributed by atoms with Crippen molar-refractivity contribution < 1.29 is 23.5 Å². The summed E-state index contributed by atoms with van der Waals surface area (Å²) in [6, 6.07) is 9.84. The Balaban J connectivity index is 1.79. The predicted molar refractivity (Wildman–Crippen MR) is 94.2 cm³/mol. The van der Waals surface area contributed by atoms with Crippen LogP contribution in [-0.2, 0) is 9.59 Å². The molecular formula is C17H15N3O5S. The van der Waals surface area contributed by atoms with Gasteiger partial charge in [0.05, 0.1) is 6.26 Å². The van der Waals surface area contributed by atoms with E-state index >= 15 is 0 Å². The molecule has 1 aromatic heterocycles. The molecule has 1 atom stereocenters. The first-order chi connectivity index (χ1) is 12.4. The van der Waals surface area contributed by atoms with Crippen LogP contribution in [-0.4, -0.2) is 28.0 Å². The Bertz CT molecular complexity index is 878. The minimum atomic E-state index is -0.621. The van der Waals surface area contributed by atoms with Gasteiger partial charge in [-0.2, -0.15) is 0 Å². The van der Waals surface area contributed by atoms with Crippen LogP contribution in [0.2, 0.25) is 0 Å². The normalized spacial score (nSPS) is 16.2. The molecule has 26 heavy (non-hydrogen) atoms. The van der Waals surface area contributed by atoms with Crippen LogP contribution < -0.4 is 10.1 Å². The van der Waals surface area contributed by atoms with Gasteiger partial charge >= 0.3 is 5.97 Å². The number of esters is 1. The number of ether oxygens (including phenoxy) is 1. The summed E-state index contributed by atoms with van der Waals surface area (Å²) in [6.45, 7) is 2.75. The average Bonchev–Trinajstić information content (AvgIpc) is 3.24. The van der Waals surface area contributed by atoms with Crippen LogP contribution in [0.1, 0.15) is 35.3 Å². The molecule has 0 aliphatic carbocycles. The molecule has 0 fully saturated rings. The van der Waals surface area contributed by atoms with E-state index in [-0.39, 0.29) is 17.6 Å². The monoisotopic (exact) mass is 373 g/mol. The summed E-state index contributed by atoms with van der Waals surface area (Å²) < 4.78 is 10.3. The van der Waals surface area contributed by atoms with Crippen molar-refractivity contribution in [1.29, 1.82) is 0 Å². The highest BCUT2D eigenvalue weighted by molar-refractivity contribution is 8.14. The van der Waals surface area contributed by atoms with Gasteiger partial charge in [-0.05, 0) is 29.8 Å². The molecule has 0 saturated heterocycles. The molecule has 1 aliphatic rings. The molecule has 0 bridgehead atoms. The molecule has 2 amide bonds. The van der Waals surface area contributed by atoms with Crippen LogP contribution in [0.5, 0.6) is 5.75 Å². The topological polar surface area (TPSA) is 101 Å². The molecule has 0 saturated carbocycles. The predicted octanol–water partition coefficient (Wildman–Crippen LogP) is 2.50. The van der Waals surface area contributed by atoms with Gasteiger partial charge < -0.3 is 14.5 Å². The Kier molecular flexibility index (Phi) is 5.08. The van der Waals surface area contributed by atoms with E-state index in [1.54, 1.807) is 30.3 Å². The van der Waals surface area contributed by atoms with Crippen LogP contribution in [0, 0.1) is 0 Å². The highest BCUT2D eigenvalue weighted by Gasteiger charge is 2.32. The first kappa shape index (κ1) is 17.7. The SMILES string of the molecule is CC(=O)NC1=NN(C(C)=O)[C@@H](c2cccc(OC(=O)c3ccco3)c2)S1. The van der Waals surface area contributed by atoms with Crippen molar-refractivity contribution in [2.75, 3.05) is 0 Å². The second-order valence-electron chi connectivity index (χ2n) is 5.36. The summed E-state index contributed by atoms with van der Waals surface area (Å²) >= 11 is 1.22. The van der Waals surface area contributed by atoms with Crippen LogP contribution in [0.15, 0.2) is 52.2 Å². The molecule has 2 aromatic rings. The largest absolute Gasteiger partial charge is 0.457 e. The van der Waals surface area contributed by atoms with Crippen molar-refractivity contribution >= 4 is 34.7 Å². The zero-order valence-corrected chi connectivity index (χ0v) is 14.8. The highest BCUT2D eigenvalue weighted by atomic mass is 32.2. The number of benzene rings is 1. The number of thioether (sulfide) groups is 1. The lowest BCUT2D eigenvalue weighted by molar-refractivity contribution is -0.129. The van der Waals surface area contributed by atoms with E-state index in [4.69, 9.17) is 9.15 Å².